The molecule has 0 unspecified atom stereocenters. The van der Waals surface area contributed by atoms with Gasteiger partial charge in [-0.2, -0.15) is 0 Å². The van der Waals surface area contributed by atoms with Crippen LogP contribution in [0.5, 0.6) is 0 Å². The predicted molar refractivity (Wildman–Crippen MR) is 124 cm³/mol. The molecular formula is C25H17N3S. The minimum absolute atomic E-state index is 0.967. The van der Waals surface area contributed by atoms with Gasteiger partial charge < -0.3 is 4.98 Å². The highest BCUT2D eigenvalue weighted by molar-refractivity contribution is 7.22. The number of benzene rings is 4. The first-order chi connectivity index (χ1) is 14.4. The van der Waals surface area contributed by atoms with E-state index in [9.17, 15) is 0 Å². The fraction of sp³-hybridized carbons (Fsp3) is 0. The molecule has 4 aromatic carbocycles. The van der Waals surface area contributed by atoms with E-state index in [-0.39, 0.29) is 0 Å². The van der Waals surface area contributed by atoms with E-state index in [2.05, 4.69) is 94.8 Å². The molecule has 1 N–H and O–H groups in total. The van der Waals surface area contributed by atoms with Gasteiger partial charge in [0, 0.05) is 33.2 Å². The zero-order chi connectivity index (χ0) is 19.2. The van der Waals surface area contributed by atoms with Crippen LogP contribution in [0.15, 0.2) is 97.1 Å². The number of hydrogen-bond donors (Lipinski definition) is 1. The number of aromatic nitrogens is 2. The second-order valence-electron chi connectivity index (χ2n) is 7.04. The number of rotatable bonds is 3. The van der Waals surface area contributed by atoms with Crippen molar-refractivity contribution in [3.05, 3.63) is 97.1 Å². The number of H-pyrrole nitrogens is 1. The van der Waals surface area contributed by atoms with E-state index in [1.807, 2.05) is 12.1 Å². The van der Waals surface area contributed by atoms with Crippen molar-refractivity contribution >= 4 is 59.9 Å². The fourth-order valence-corrected chi connectivity index (χ4v) is 4.91. The Morgan fingerprint density at radius 3 is 2.03 bits per heavy atom. The first-order valence-electron chi connectivity index (χ1n) is 9.58. The molecule has 29 heavy (non-hydrogen) atoms. The standard InChI is InChI=1S/C25H17N3S/c1-3-9-17(10-4-1)28(18-11-5-2-6-12-18)25-27-23-16-22-20(15-24(23)29-25)19-13-7-8-14-21(19)26-22/h1-16,26H. The van der Waals surface area contributed by atoms with Crippen LogP contribution in [-0.4, -0.2) is 9.97 Å². The van der Waals surface area contributed by atoms with Crippen molar-refractivity contribution in [3.8, 4) is 0 Å². The highest BCUT2D eigenvalue weighted by Gasteiger charge is 2.17. The molecule has 0 spiro atoms. The number of aromatic amines is 1. The molecule has 0 fully saturated rings. The lowest BCUT2D eigenvalue weighted by Crippen LogP contribution is -2.09. The Morgan fingerprint density at radius 1 is 0.655 bits per heavy atom. The topological polar surface area (TPSA) is 31.9 Å². The molecule has 0 saturated carbocycles. The number of nitrogens with one attached hydrogen (secondary N) is 1. The summed E-state index contributed by atoms with van der Waals surface area (Å²) >= 11 is 1.72. The number of nitrogens with zero attached hydrogens (tertiary/aromatic N) is 2. The largest absolute Gasteiger partial charge is 0.354 e. The normalized spacial score (nSPS) is 11.4. The zero-order valence-electron chi connectivity index (χ0n) is 15.5. The molecule has 0 bridgehead atoms. The van der Waals surface area contributed by atoms with E-state index in [0.29, 0.717) is 0 Å². The summed E-state index contributed by atoms with van der Waals surface area (Å²) in [6.45, 7) is 0. The fourth-order valence-electron chi connectivity index (χ4n) is 3.88. The molecule has 0 atom stereocenters. The molecule has 138 valence electrons. The Balaban J connectivity index is 1.57. The number of hydrogen-bond acceptors (Lipinski definition) is 3. The number of para-hydroxylation sites is 3. The molecule has 0 aliphatic heterocycles. The molecule has 0 aliphatic rings. The third kappa shape index (κ3) is 2.69. The van der Waals surface area contributed by atoms with Crippen LogP contribution in [0.25, 0.3) is 32.0 Å². The van der Waals surface area contributed by atoms with Crippen LogP contribution in [-0.2, 0) is 0 Å². The molecule has 3 nitrogen and oxygen atoms in total. The molecule has 0 saturated heterocycles. The molecule has 2 heterocycles. The Morgan fingerprint density at radius 2 is 1.31 bits per heavy atom. The van der Waals surface area contributed by atoms with Crippen molar-refractivity contribution in [2.75, 3.05) is 4.90 Å². The molecular weight excluding hydrogens is 374 g/mol. The lowest BCUT2D eigenvalue weighted by Gasteiger charge is -2.21. The van der Waals surface area contributed by atoms with Crippen LogP contribution < -0.4 is 4.90 Å². The lowest BCUT2D eigenvalue weighted by molar-refractivity contribution is 1.25. The van der Waals surface area contributed by atoms with Crippen molar-refractivity contribution < 1.29 is 0 Å². The van der Waals surface area contributed by atoms with Crippen LogP contribution >= 0.6 is 11.3 Å². The van der Waals surface area contributed by atoms with Crippen LogP contribution in [0.1, 0.15) is 0 Å². The lowest BCUT2D eigenvalue weighted by atomic mass is 10.1. The van der Waals surface area contributed by atoms with Gasteiger partial charge in [0.2, 0.25) is 0 Å². The smallest absolute Gasteiger partial charge is 0.195 e. The molecule has 0 radical (unpaired) electrons. The third-order valence-corrected chi connectivity index (χ3v) is 6.23. The van der Waals surface area contributed by atoms with Gasteiger partial charge in [-0.3, -0.25) is 4.90 Å². The van der Waals surface area contributed by atoms with E-state index in [1.165, 1.54) is 15.5 Å². The first kappa shape index (κ1) is 16.3. The summed E-state index contributed by atoms with van der Waals surface area (Å²) in [6, 6.07) is 33.7. The maximum Gasteiger partial charge on any atom is 0.195 e. The molecule has 0 amide bonds. The van der Waals surface area contributed by atoms with Gasteiger partial charge in [0.1, 0.15) is 0 Å². The Kier molecular flexibility index (Phi) is 3.64. The van der Waals surface area contributed by atoms with Gasteiger partial charge in [0.05, 0.1) is 10.2 Å². The average molecular weight is 391 g/mol. The van der Waals surface area contributed by atoms with E-state index >= 15 is 0 Å². The van der Waals surface area contributed by atoms with Crippen molar-refractivity contribution in [2.24, 2.45) is 0 Å². The summed E-state index contributed by atoms with van der Waals surface area (Å²) in [5.41, 5.74) is 5.51. The van der Waals surface area contributed by atoms with Gasteiger partial charge in [-0.1, -0.05) is 65.9 Å². The number of thiazole rings is 1. The van der Waals surface area contributed by atoms with Crippen molar-refractivity contribution in [2.45, 2.75) is 0 Å². The molecule has 2 aromatic heterocycles. The number of fused-ring (bicyclic) bond motifs is 4. The van der Waals surface area contributed by atoms with Gasteiger partial charge >= 0.3 is 0 Å². The minimum atomic E-state index is 0.967. The van der Waals surface area contributed by atoms with E-state index in [4.69, 9.17) is 4.98 Å². The van der Waals surface area contributed by atoms with Crippen LogP contribution in [0.3, 0.4) is 0 Å². The summed E-state index contributed by atoms with van der Waals surface area (Å²) in [4.78, 5) is 10.8. The average Bonchev–Trinajstić information content (AvgIpc) is 3.34. The van der Waals surface area contributed by atoms with Crippen LogP contribution in [0.4, 0.5) is 16.5 Å². The minimum Gasteiger partial charge on any atom is -0.354 e. The van der Waals surface area contributed by atoms with Crippen LogP contribution in [0.2, 0.25) is 0 Å². The van der Waals surface area contributed by atoms with Gasteiger partial charge in [0.25, 0.3) is 0 Å². The Hall–Kier alpha value is -3.63. The summed E-state index contributed by atoms with van der Waals surface area (Å²) in [5, 5.41) is 3.46. The second-order valence-corrected chi connectivity index (χ2v) is 8.05. The Labute approximate surface area is 171 Å². The maximum atomic E-state index is 5.01. The van der Waals surface area contributed by atoms with Gasteiger partial charge in [-0.05, 0) is 42.5 Å². The molecule has 6 rings (SSSR count). The summed E-state index contributed by atoms with van der Waals surface area (Å²) in [5.74, 6) is 0. The quantitative estimate of drug-likeness (QED) is 0.341. The zero-order valence-corrected chi connectivity index (χ0v) is 16.4. The van der Waals surface area contributed by atoms with Gasteiger partial charge in [-0.15, -0.1) is 0 Å². The van der Waals surface area contributed by atoms with Gasteiger partial charge in [-0.25, -0.2) is 4.98 Å². The molecule has 4 heteroatoms. The first-order valence-corrected chi connectivity index (χ1v) is 10.4. The summed E-state index contributed by atoms with van der Waals surface area (Å²) in [7, 11) is 0. The summed E-state index contributed by atoms with van der Waals surface area (Å²) < 4.78 is 1.19. The predicted octanol–water partition coefficient (Wildman–Crippen LogP) is 7.40. The molecule has 0 aliphatic carbocycles. The van der Waals surface area contributed by atoms with Crippen molar-refractivity contribution in [1.82, 2.24) is 9.97 Å². The van der Waals surface area contributed by atoms with E-state index < -0.39 is 0 Å². The number of anilines is 3. The van der Waals surface area contributed by atoms with Crippen molar-refractivity contribution in [3.63, 3.8) is 0 Å². The molecule has 6 aromatic rings. The third-order valence-electron chi connectivity index (χ3n) is 5.22. The van der Waals surface area contributed by atoms with Gasteiger partial charge in [0.15, 0.2) is 5.13 Å². The SMILES string of the molecule is c1ccc(N(c2ccccc2)c2nc3cc4[nH]c5ccccc5c4cc3s2)cc1. The highest BCUT2D eigenvalue weighted by Crippen LogP contribution is 2.40. The Bertz CT molecular complexity index is 1410. The second kappa shape index (κ2) is 6.47. The summed E-state index contributed by atoms with van der Waals surface area (Å²) in [6.07, 6.45) is 0. The highest BCUT2D eigenvalue weighted by atomic mass is 32.1. The van der Waals surface area contributed by atoms with Crippen molar-refractivity contribution in [1.29, 1.82) is 0 Å². The van der Waals surface area contributed by atoms with E-state index in [1.54, 1.807) is 11.3 Å². The maximum absolute atomic E-state index is 5.01. The van der Waals surface area contributed by atoms with E-state index in [0.717, 1.165) is 33.1 Å². The monoisotopic (exact) mass is 391 g/mol. The van der Waals surface area contributed by atoms with Crippen LogP contribution in [0, 0.1) is 0 Å².